The molecule has 146 valence electrons. The maximum Gasteiger partial charge on any atom is 0.371 e. The van der Waals surface area contributed by atoms with Gasteiger partial charge in [-0.2, -0.15) is 0 Å². The summed E-state index contributed by atoms with van der Waals surface area (Å²) >= 11 is 0. The van der Waals surface area contributed by atoms with Crippen molar-refractivity contribution in [2.75, 3.05) is 0 Å². The lowest BCUT2D eigenvalue weighted by atomic mass is 9.82. The molecule has 3 rings (SSSR count). The summed E-state index contributed by atoms with van der Waals surface area (Å²) in [6.07, 6.45) is 7.20. The minimum absolute atomic E-state index is 0.0425. The van der Waals surface area contributed by atoms with Gasteiger partial charge in [-0.25, -0.2) is 13.6 Å². The summed E-state index contributed by atoms with van der Waals surface area (Å²) < 4.78 is 27.5. The van der Waals surface area contributed by atoms with Gasteiger partial charge in [-0.05, 0) is 42.5 Å². The van der Waals surface area contributed by atoms with Crippen LogP contribution in [0, 0.1) is 17.6 Å². The first-order valence-electron chi connectivity index (χ1n) is 9.32. The van der Waals surface area contributed by atoms with Crippen LogP contribution in [-0.4, -0.2) is 11.8 Å². The molecule has 6 heteroatoms. The van der Waals surface area contributed by atoms with Gasteiger partial charge in [0.05, 0.1) is 0 Å². The Bertz CT molecular complexity index is 868. The van der Waals surface area contributed by atoms with E-state index in [-0.39, 0.29) is 11.8 Å². The van der Waals surface area contributed by atoms with Crippen LogP contribution in [0.3, 0.4) is 0 Å². The molecule has 1 aliphatic carbocycles. The normalized spacial score (nSPS) is 16.1. The minimum atomic E-state index is -1.22. The van der Waals surface area contributed by atoms with Crippen molar-refractivity contribution in [2.24, 2.45) is 16.8 Å². The second-order valence-electron chi connectivity index (χ2n) is 6.80. The van der Waals surface area contributed by atoms with E-state index < -0.39 is 23.2 Å². The summed E-state index contributed by atoms with van der Waals surface area (Å²) in [6, 6.07) is 12.8. The maximum absolute atomic E-state index is 13.7. The van der Waals surface area contributed by atoms with E-state index in [4.69, 9.17) is 10.6 Å². The van der Waals surface area contributed by atoms with E-state index in [1.165, 1.54) is 12.5 Å². The molecule has 4 nitrogen and oxygen atoms in total. The molecular weight excluding hydrogens is 362 g/mol. The minimum Gasteiger partial charge on any atom is -0.381 e. The van der Waals surface area contributed by atoms with Crippen molar-refractivity contribution in [1.82, 2.24) is 0 Å². The predicted octanol–water partition coefficient (Wildman–Crippen LogP) is 5.06. The molecule has 1 fully saturated rings. The van der Waals surface area contributed by atoms with Gasteiger partial charge in [0, 0.05) is 5.57 Å². The van der Waals surface area contributed by atoms with Gasteiger partial charge >= 0.3 is 5.97 Å². The molecule has 0 heterocycles. The zero-order chi connectivity index (χ0) is 19.9. The number of nitrogens with two attached hydrogens (primary N) is 1. The third-order valence-electron chi connectivity index (χ3n) is 4.86. The summed E-state index contributed by atoms with van der Waals surface area (Å²) in [5, 5.41) is 3.70. The second-order valence-corrected chi connectivity index (χ2v) is 6.80. The molecule has 1 aliphatic rings. The molecule has 0 aromatic heterocycles. The van der Waals surface area contributed by atoms with Crippen LogP contribution in [0.25, 0.3) is 6.08 Å². The number of rotatable bonds is 5. The molecule has 0 amide bonds. The lowest BCUT2D eigenvalue weighted by molar-refractivity contribution is 0.0504. The van der Waals surface area contributed by atoms with Crippen molar-refractivity contribution in [3.8, 4) is 0 Å². The molecule has 0 spiro atoms. The predicted molar refractivity (Wildman–Crippen MR) is 104 cm³/mol. The lowest BCUT2D eigenvalue weighted by Gasteiger charge is -2.24. The van der Waals surface area contributed by atoms with E-state index in [0.29, 0.717) is 0 Å². The third-order valence-corrected chi connectivity index (χ3v) is 4.86. The standard InChI is InChI=1S/C22H22F2N2O2/c23-18-12-7-13-19(24)20(18)22(27)28-26-21(25)17(16-10-5-2-6-11-16)14-15-8-3-1-4-9-15/h1,3-4,7-9,12-14,16H,2,5-6,10-11H2,(H2,25,26). The summed E-state index contributed by atoms with van der Waals surface area (Å²) in [5.74, 6) is -3.00. The van der Waals surface area contributed by atoms with Crippen molar-refractivity contribution >= 4 is 17.9 Å². The summed E-state index contributed by atoms with van der Waals surface area (Å²) in [5.41, 5.74) is 7.05. The van der Waals surface area contributed by atoms with Crippen molar-refractivity contribution in [2.45, 2.75) is 32.1 Å². The van der Waals surface area contributed by atoms with Crippen LogP contribution in [0.4, 0.5) is 8.78 Å². The number of halogens is 2. The Balaban J connectivity index is 1.85. The van der Waals surface area contributed by atoms with Crippen LogP contribution in [-0.2, 0) is 4.84 Å². The first-order chi connectivity index (χ1) is 13.6. The van der Waals surface area contributed by atoms with Gasteiger partial charge in [0.25, 0.3) is 0 Å². The summed E-state index contributed by atoms with van der Waals surface area (Å²) in [4.78, 5) is 16.8. The first kappa shape index (κ1) is 19.7. The Kier molecular flexibility index (Phi) is 6.53. The zero-order valence-corrected chi connectivity index (χ0v) is 15.4. The lowest BCUT2D eigenvalue weighted by Crippen LogP contribution is -2.24. The fourth-order valence-electron chi connectivity index (χ4n) is 3.43. The topological polar surface area (TPSA) is 64.7 Å². The van der Waals surface area contributed by atoms with E-state index >= 15 is 0 Å². The molecule has 28 heavy (non-hydrogen) atoms. The number of hydrogen-bond donors (Lipinski definition) is 1. The van der Waals surface area contributed by atoms with Crippen molar-refractivity contribution in [3.05, 3.63) is 76.9 Å². The van der Waals surface area contributed by atoms with Crippen molar-refractivity contribution in [3.63, 3.8) is 0 Å². The Morgan fingerprint density at radius 1 is 1.00 bits per heavy atom. The Morgan fingerprint density at radius 3 is 2.29 bits per heavy atom. The van der Waals surface area contributed by atoms with Gasteiger partial charge in [-0.3, -0.25) is 0 Å². The highest BCUT2D eigenvalue weighted by Crippen LogP contribution is 2.31. The smallest absolute Gasteiger partial charge is 0.371 e. The molecule has 0 unspecified atom stereocenters. The van der Waals surface area contributed by atoms with Crippen LogP contribution in [0.2, 0.25) is 0 Å². The number of nitrogens with zero attached hydrogens (tertiary/aromatic N) is 1. The van der Waals surface area contributed by atoms with Crippen LogP contribution >= 0.6 is 0 Å². The van der Waals surface area contributed by atoms with E-state index in [2.05, 4.69) is 5.16 Å². The third kappa shape index (κ3) is 4.82. The van der Waals surface area contributed by atoms with Crippen molar-refractivity contribution < 1.29 is 18.4 Å². The largest absolute Gasteiger partial charge is 0.381 e. The first-order valence-corrected chi connectivity index (χ1v) is 9.32. The number of carbonyl (C=O) groups excluding carboxylic acids is 1. The fourth-order valence-corrected chi connectivity index (χ4v) is 3.43. The highest BCUT2D eigenvalue weighted by molar-refractivity contribution is 6.01. The van der Waals surface area contributed by atoms with Crippen LogP contribution in [0.1, 0.15) is 48.0 Å². The maximum atomic E-state index is 13.7. The van der Waals surface area contributed by atoms with E-state index in [0.717, 1.165) is 49.0 Å². The average Bonchev–Trinajstić information content (AvgIpc) is 2.71. The van der Waals surface area contributed by atoms with Gasteiger partial charge in [0.2, 0.25) is 0 Å². The van der Waals surface area contributed by atoms with Gasteiger partial charge in [-0.15, -0.1) is 0 Å². The molecule has 0 saturated heterocycles. The highest BCUT2D eigenvalue weighted by Gasteiger charge is 2.23. The Hall–Kier alpha value is -3.02. The van der Waals surface area contributed by atoms with E-state index in [9.17, 15) is 13.6 Å². The number of amidine groups is 1. The quantitative estimate of drug-likeness (QED) is 0.339. The summed E-state index contributed by atoms with van der Waals surface area (Å²) in [6.45, 7) is 0. The molecule has 0 aliphatic heterocycles. The number of carbonyl (C=O) groups is 1. The van der Waals surface area contributed by atoms with Gasteiger partial charge in [0.15, 0.2) is 5.84 Å². The van der Waals surface area contributed by atoms with Crippen molar-refractivity contribution in [1.29, 1.82) is 0 Å². The second kappa shape index (κ2) is 9.26. The number of benzene rings is 2. The van der Waals surface area contributed by atoms with Gasteiger partial charge in [-0.1, -0.05) is 60.8 Å². The number of hydrogen-bond acceptors (Lipinski definition) is 3. The molecule has 2 aromatic rings. The highest BCUT2D eigenvalue weighted by atomic mass is 19.1. The number of oxime groups is 1. The fraction of sp³-hybridized carbons (Fsp3) is 0.273. The molecule has 2 aromatic carbocycles. The van der Waals surface area contributed by atoms with Gasteiger partial charge < -0.3 is 10.6 Å². The average molecular weight is 384 g/mol. The van der Waals surface area contributed by atoms with Gasteiger partial charge in [0.1, 0.15) is 17.2 Å². The van der Waals surface area contributed by atoms with E-state index in [1.807, 2.05) is 36.4 Å². The SMILES string of the molecule is NC(=NOC(=O)c1c(F)cccc1F)C(=Cc1ccccc1)C1CCCCC1. The van der Waals surface area contributed by atoms with E-state index in [1.54, 1.807) is 0 Å². The molecule has 1 saturated carbocycles. The molecule has 0 atom stereocenters. The molecular formula is C22H22F2N2O2. The Labute approximate surface area is 162 Å². The molecule has 2 N–H and O–H groups in total. The van der Waals surface area contributed by atoms with Crippen LogP contribution in [0.5, 0.6) is 0 Å². The van der Waals surface area contributed by atoms with Crippen LogP contribution < -0.4 is 5.73 Å². The molecule has 0 bridgehead atoms. The van der Waals surface area contributed by atoms with Crippen LogP contribution in [0.15, 0.2) is 59.3 Å². The molecule has 0 radical (unpaired) electrons. The zero-order valence-electron chi connectivity index (χ0n) is 15.4. The monoisotopic (exact) mass is 384 g/mol. The summed E-state index contributed by atoms with van der Waals surface area (Å²) in [7, 11) is 0. The Morgan fingerprint density at radius 2 is 1.64 bits per heavy atom.